The molecule has 1 aromatic rings. The van der Waals surface area contributed by atoms with E-state index in [1.807, 2.05) is 18.2 Å². The Morgan fingerprint density at radius 1 is 0.852 bits per heavy atom. The summed E-state index contributed by atoms with van der Waals surface area (Å²) >= 11 is 0. The summed E-state index contributed by atoms with van der Waals surface area (Å²) in [5.74, 6) is 0.485. The van der Waals surface area contributed by atoms with Gasteiger partial charge in [0.25, 0.3) is 0 Å². The molecule has 4 heteroatoms. The molecule has 0 aliphatic carbocycles. The van der Waals surface area contributed by atoms with Crippen molar-refractivity contribution in [2.24, 2.45) is 0 Å². The molecule has 4 nitrogen and oxygen atoms in total. The summed E-state index contributed by atoms with van der Waals surface area (Å²) in [6.45, 7) is 5.75. The first-order valence-corrected chi connectivity index (χ1v) is 10.5. The average molecular weight is 377 g/mol. The molecule has 0 radical (unpaired) electrons. The molecule has 0 heterocycles. The monoisotopic (exact) mass is 376 g/mol. The molecule has 152 valence electrons. The Bertz CT molecular complexity index is 551. The van der Waals surface area contributed by atoms with Crippen LogP contribution in [-0.4, -0.2) is 24.3 Å². The van der Waals surface area contributed by atoms with Crippen molar-refractivity contribution in [2.45, 2.75) is 78.1 Å². The van der Waals surface area contributed by atoms with E-state index in [0.717, 1.165) is 30.2 Å². The topological polar surface area (TPSA) is 55.8 Å². The third kappa shape index (κ3) is 11.4. The molecule has 1 N–H and O–H groups in total. The number of carboxylic acid groups (broad SMARTS) is 1. The molecule has 0 bridgehead atoms. The molecule has 0 aromatic heterocycles. The Morgan fingerprint density at radius 3 is 1.96 bits per heavy atom. The zero-order chi connectivity index (χ0) is 19.7. The fourth-order valence-electron chi connectivity index (χ4n) is 2.80. The summed E-state index contributed by atoms with van der Waals surface area (Å²) in [5.41, 5.74) is 0.800. The number of aliphatic carboxylic acids is 1. The van der Waals surface area contributed by atoms with Crippen LogP contribution in [0.25, 0.3) is 6.08 Å². The predicted octanol–water partition coefficient (Wildman–Crippen LogP) is 6.48. The summed E-state index contributed by atoms with van der Waals surface area (Å²) in [4.78, 5) is 10.7. The Labute approximate surface area is 164 Å². The molecular weight excluding hydrogens is 340 g/mol. The molecule has 0 spiro atoms. The number of rotatable bonds is 16. The Balaban J connectivity index is 2.59. The molecule has 0 aliphatic heterocycles. The van der Waals surface area contributed by atoms with Gasteiger partial charge in [-0.05, 0) is 36.6 Å². The Kier molecular flexibility index (Phi) is 12.9. The molecule has 27 heavy (non-hydrogen) atoms. The van der Waals surface area contributed by atoms with Gasteiger partial charge < -0.3 is 14.6 Å². The lowest BCUT2D eigenvalue weighted by Gasteiger charge is -2.14. The molecule has 0 fully saturated rings. The van der Waals surface area contributed by atoms with Gasteiger partial charge in [-0.2, -0.15) is 0 Å². The van der Waals surface area contributed by atoms with Gasteiger partial charge in [0.05, 0.1) is 13.2 Å². The van der Waals surface area contributed by atoms with E-state index in [1.54, 1.807) is 6.08 Å². The van der Waals surface area contributed by atoms with Gasteiger partial charge in [0.15, 0.2) is 11.5 Å². The minimum atomic E-state index is -0.958. The van der Waals surface area contributed by atoms with E-state index in [-0.39, 0.29) is 0 Å². The highest BCUT2D eigenvalue weighted by Gasteiger charge is 2.07. The van der Waals surface area contributed by atoms with Crippen molar-refractivity contribution < 1.29 is 19.4 Å². The second-order valence-corrected chi connectivity index (χ2v) is 6.90. The Hall–Kier alpha value is -1.97. The van der Waals surface area contributed by atoms with Gasteiger partial charge in [-0.25, -0.2) is 4.79 Å². The van der Waals surface area contributed by atoms with Crippen molar-refractivity contribution >= 4 is 12.0 Å². The standard InChI is InChI=1S/C23H36O4/c1-3-5-7-9-11-17-26-21-15-13-20(14-16-23(24)25)19-22(21)27-18-12-10-8-6-4-2/h13-16,19H,3-12,17-18H2,1-2H3,(H,24,25). The number of ether oxygens (including phenoxy) is 2. The highest BCUT2D eigenvalue weighted by atomic mass is 16.5. The summed E-state index contributed by atoms with van der Waals surface area (Å²) < 4.78 is 11.9. The van der Waals surface area contributed by atoms with Crippen molar-refractivity contribution in [2.75, 3.05) is 13.2 Å². The molecule has 0 saturated carbocycles. The van der Waals surface area contributed by atoms with Crippen LogP contribution in [0, 0.1) is 0 Å². The first-order valence-electron chi connectivity index (χ1n) is 10.5. The Morgan fingerprint density at radius 2 is 1.41 bits per heavy atom. The van der Waals surface area contributed by atoms with Crippen LogP contribution < -0.4 is 9.47 Å². The van der Waals surface area contributed by atoms with Gasteiger partial charge in [-0.3, -0.25) is 0 Å². The number of carboxylic acids is 1. The fourth-order valence-corrected chi connectivity index (χ4v) is 2.80. The predicted molar refractivity (Wildman–Crippen MR) is 112 cm³/mol. The van der Waals surface area contributed by atoms with Crippen LogP contribution in [0.3, 0.4) is 0 Å². The molecule has 0 aliphatic rings. The molecular formula is C23H36O4. The smallest absolute Gasteiger partial charge is 0.328 e. The molecule has 0 unspecified atom stereocenters. The summed E-state index contributed by atoms with van der Waals surface area (Å²) in [7, 11) is 0. The van der Waals surface area contributed by atoms with Crippen LogP contribution >= 0.6 is 0 Å². The number of carbonyl (C=O) groups is 1. The molecule has 1 aromatic carbocycles. The van der Waals surface area contributed by atoms with E-state index in [9.17, 15) is 4.79 Å². The van der Waals surface area contributed by atoms with Gasteiger partial charge in [0.1, 0.15) is 0 Å². The van der Waals surface area contributed by atoms with Gasteiger partial charge in [0.2, 0.25) is 0 Å². The quantitative estimate of drug-likeness (QED) is 0.265. The average Bonchev–Trinajstić information content (AvgIpc) is 2.66. The van der Waals surface area contributed by atoms with Crippen LogP contribution in [0.2, 0.25) is 0 Å². The maximum absolute atomic E-state index is 10.7. The fraction of sp³-hybridized carbons (Fsp3) is 0.609. The van der Waals surface area contributed by atoms with Gasteiger partial charge in [0, 0.05) is 6.08 Å². The van der Waals surface area contributed by atoms with Crippen molar-refractivity contribution in [1.29, 1.82) is 0 Å². The zero-order valence-electron chi connectivity index (χ0n) is 17.0. The van der Waals surface area contributed by atoms with Crippen LogP contribution in [0.15, 0.2) is 24.3 Å². The molecule has 1 rings (SSSR count). The maximum Gasteiger partial charge on any atom is 0.328 e. The second-order valence-electron chi connectivity index (χ2n) is 6.90. The van der Waals surface area contributed by atoms with Gasteiger partial charge in [-0.15, -0.1) is 0 Å². The van der Waals surface area contributed by atoms with Crippen molar-refractivity contribution in [1.82, 2.24) is 0 Å². The third-order valence-electron chi connectivity index (χ3n) is 4.40. The minimum absolute atomic E-state index is 0.655. The molecule has 0 atom stereocenters. The highest BCUT2D eigenvalue weighted by Crippen LogP contribution is 2.29. The highest BCUT2D eigenvalue weighted by molar-refractivity contribution is 5.85. The van der Waals surface area contributed by atoms with Gasteiger partial charge >= 0.3 is 5.97 Å². The summed E-state index contributed by atoms with van der Waals surface area (Å²) in [6.07, 6.45) is 14.6. The minimum Gasteiger partial charge on any atom is -0.490 e. The SMILES string of the molecule is CCCCCCCOc1ccc(C=CC(=O)O)cc1OCCCCCCC. The zero-order valence-corrected chi connectivity index (χ0v) is 17.0. The van der Waals surface area contributed by atoms with E-state index in [2.05, 4.69) is 13.8 Å². The van der Waals surface area contributed by atoms with E-state index in [0.29, 0.717) is 19.0 Å². The number of benzene rings is 1. The number of hydrogen-bond acceptors (Lipinski definition) is 3. The lowest BCUT2D eigenvalue weighted by molar-refractivity contribution is -0.131. The summed E-state index contributed by atoms with van der Waals surface area (Å²) in [5, 5.41) is 8.80. The van der Waals surface area contributed by atoms with Crippen molar-refractivity contribution in [3.05, 3.63) is 29.8 Å². The van der Waals surface area contributed by atoms with Crippen LogP contribution in [0.5, 0.6) is 11.5 Å². The van der Waals surface area contributed by atoms with Crippen molar-refractivity contribution in [3.8, 4) is 11.5 Å². The molecule has 0 saturated heterocycles. The lowest BCUT2D eigenvalue weighted by atomic mass is 10.1. The largest absolute Gasteiger partial charge is 0.490 e. The van der Waals surface area contributed by atoms with E-state index in [1.165, 1.54) is 51.4 Å². The summed E-state index contributed by atoms with van der Waals surface area (Å²) in [6, 6.07) is 5.60. The van der Waals surface area contributed by atoms with Crippen LogP contribution in [0.1, 0.15) is 83.6 Å². The maximum atomic E-state index is 10.7. The van der Waals surface area contributed by atoms with Crippen LogP contribution in [0.4, 0.5) is 0 Å². The van der Waals surface area contributed by atoms with Crippen LogP contribution in [-0.2, 0) is 4.79 Å². The number of unbranched alkanes of at least 4 members (excludes halogenated alkanes) is 8. The third-order valence-corrected chi connectivity index (χ3v) is 4.40. The first-order chi connectivity index (χ1) is 13.2. The second kappa shape index (κ2) is 15.1. The van der Waals surface area contributed by atoms with E-state index in [4.69, 9.17) is 14.6 Å². The number of hydrogen-bond donors (Lipinski definition) is 1. The molecule has 0 amide bonds. The van der Waals surface area contributed by atoms with Crippen molar-refractivity contribution in [3.63, 3.8) is 0 Å². The van der Waals surface area contributed by atoms with Gasteiger partial charge in [-0.1, -0.05) is 71.3 Å². The first kappa shape index (κ1) is 23.1. The normalized spacial score (nSPS) is 11.0. The van der Waals surface area contributed by atoms with E-state index < -0.39 is 5.97 Å². The lowest BCUT2D eigenvalue weighted by Crippen LogP contribution is -2.03. The van der Waals surface area contributed by atoms with E-state index >= 15 is 0 Å².